The fourth-order valence-electron chi connectivity index (χ4n) is 3.42. The van der Waals surface area contributed by atoms with E-state index in [1.165, 1.54) is 29.0 Å². The molecular formula is C19H24N4S. The van der Waals surface area contributed by atoms with Crippen molar-refractivity contribution in [2.45, 2.75) is 42.0 Å². The largest absolute Gasteiger partial charge is 0.339 e. The third kappa shape index (κ3) is 3.57. The summed E-state index contributed by atoms with van der Waals surface area (Å²) in [6.07, 6.45) is 5.87. The summed E-state index contributed by atoms with van der Waals surface area (Å²) in [5.74, 6) is 0.929. The number of aryl methyl sites for hydroxylation is 1. The zero-order valence-electron chi connectivity index (χ0n) is 14.0. The standard InChI is InChI=1S/C19H24N4S/c1-2-7-15(8-3-1)24-18-16-9-4-5-10-17(16)21-19(22-18)23-13-6-11-20-12-14-23/h1-3,7-8,20H,4-6,9-14H2. The average molecular weight is 340 g/mol. The van der Waals surface area contributed by atoms with Gasteiger partial charge in [0.2, 0.25) is 5.95 Å². The normalized spacial score (nSPS) is 18.1. The van der Waals surface area contributed by atoms with Gasteiger partial charge in [-0.15, -0.1) is 0 Å². The monoisotopic (exact) mass is 340 g/mol. The minimum Gasteiger partial charge on any atom is -0.339 e. The Balaban J connectivity index is 1.69. The summed E-state index contributed by atoms with van der Waals surface area (Å²) >= 11 is 1.79. The van der Waals surface area contributed by atoms with Crippen molar-refractivity contribution in [3.63, 3.8) is 0 Å². The van der Waals surface area contributed by atoms with Crippen molar-refractivity contribution in [1.82, 2.24) is 15.3 Å². The summed E-state index contributed by atoms with van der Waals surface area (Å²) in [5, 5.41) is 4.63. The first-order valence-electron chi connectivity index (χ1n) is 8.98. The third-order valence-electron chi connectivity index (χ3n) is 4.71. The van der Waals surface area contributed by atoms with Gasteiger partial charge in [-0.25, -0.2) is 9.97 Å². The molecule has 1 aromatic heterocycles. The first-order valence-corrected chi connectivity index (χ1v) is 9.80. The van der Waals surface area contributed by atoms with Crippen LogP contribution in [-0.4, -0.2) is 36.1 Å². The fourth-order valence-corrected chi connectivity index (χ4v) is 4.41. The Labute approximate surface area is 148 Å². The second-order valence-electron chi connectivity index (χ2n) is 6.47. The molecule has 0 spiro atoms. The number of aromatic nitrogens is 2. The van der Waals surface area contributed by atoms with Crippen LogP contribution in [0.15, 0.2) is 40.3 Å². The summed E-state index contributed by atoms with van der Waals surface area (Å²) in [6.45, 7) is 4.14. The second-order valence-corrected chi connectivity index (χ2v) is 7.53. The predicted octanol–water partition coefficient (Wildman–Crippen LogP) is 3.31. The zero-order chi connectivity index (χ0) is 16.2. The number of anilines is 1. The van der Waals surface area contributed by atoms with Gasteiger partial charge >= 0.3 is 0 Å². The SMILES string of the molecule is c1ccc(Sc2nc(N3CCCNCC3)nc3c2CCCC3)cc1. The van der Waals surface area contributed by atoms with Crippen molar-refractivity contribution in [3.8, 4) is 0 Å². The van der Waals surface area contributed by atoms with Crippen molar-refractivity contribution in [2.24, 2.45) is 0 Å². The highest BCUT2D eigenvalue weighted by molar-refractivity contribution is 7.99. The van der Waals surface area contributed by atoms with E-state index < -0.39 is 0 Å². The molecule has 0 unspecified atom stereocenters. The van der Waals surface area contributed by atoms with Gasteiger partial charge in [-0.1, -0.05) is 30.0 Å². The zero-order valence-corrected chi connectivity index (χ0v) is 14.8. The quantitative estimate of drug-likeness (QED) is 0.868. The highest BCUT2D eigenvalue weighted by Gasteiger charge is 2.21. The molecular weight excluding hydrogens is 316 g/mol. The van der Waals surface area contributed by atoms with Gasteiger partial charge in [-0.2, -0.15) is 0 Å². The van der Waals surface area contributed by atoms with Crippen molar-refractivity contribution in [2.75, 3.05) is 31.1 Å². The molecule has 0 radical (unpaired) electrons. The lowest BCUT2D eigenvalue weighted by Gasteiger charge is -2.24. The molecule has 0 bridgehead atoms. The van der Waals surface area contributed by atoms with Gasteiger partial charge in [0.1, 0.15) is 5.03 Å². The number of hydrogen-bond donors (Lipinski definition) is 1. The molecule has 1 N–H and O–H groups in total. The molecule has 1 aliphatic heterocycles. The van der Waals surface area contributed by atoms with Crippen LogP contribution in [0, 0.1) is 0 Å². The number of nitrogens with one attached hydrogen (secondary N) is 1. The lowest BCUT2D eigenvalue weighted by atomic mass is 9.97. The summed E-state index contributed by atoms with van der Waals surface area (Å²) in [7, 11) is 0. The van der Waals surface area contributed by atoms with E-state index in [0.717, 1.165) is 56.4 Å². The molecule has 0 amide bonds. The molecule has 1 aliphatic carbocycles. The molecule has 1 fully saturated rings. The Morgan fingerprint density at radius 1 is 0.917 bits per heavy atom. The van der Waals surface area contributed by atoms with E-state index in [1.54, 1.807) is 11.8 Å². The van der Waals surface area contributed by atoms with Crippen LogP contribution in [0.3, 0.4) is 0 Å². The Kier molecular flexibility index (Phi) is 4.99. The van der Waals surface area contributed by atoms with E-state index in [4.69, 9.17) is 9.97 Å². The number of benzene rings is 1. The van der Waals surface area contributed by atoms with Crippen molar-refractivity contribution < 1.29 is 0 Å². The van der Waals surface area contributed by atoms with Crippen LogP contribution in [-0.2, 0) is 12.8 Å². The Morgan fingerprint density at radius 3 is 2.71 bits per heavy atom. The van der Waals surface area contributed by atoms with E-state index in [1.807, 2.05) is 0 Å². The van der Waals surface area contributed by atoms with Crippen molar-refractivity contribution in [1.29, 1.82) is 0 Å². The summed E-state index contributed by atoms with van der Waals surface area (Å²) in [5.41, 5.74) is 2.66. The fraction of sp³-hybridized carbons (Fsp3) is 0.474. The Hall–Kier alpha value is -1.59. The van der Waals surface area contributed by atoms with Gasteiger partial charge in [0.05, 0.1) is 5.69 Å². The maximum Gasteiger partial charge on any atom is 0.226 e. The van der Waals surface area contributed by atoms with Crippen LogP contribution in [0.2, 0.25) is 0 Å². The van der Waals surface area contributed by atoms with Crippen LogP contribution in [0.4, 0.5) is 5.95 Å². The first kappa shape index (κ1) is 15.9. The number of rotatable bonds is 3. The van der Waals surface area contributed by atoms with E-state index in [-0.39, 0.29) is 0 Å². The molecule has 2 aliphatic rings. The molecule has 126 valence electrons. The molecule has 4 nitrogen and oxygen atoms in total. The molecule has 1 saturated heterocycles. The minimum atomic E-state index is 0.929. The van der Waals surface area contributed by atoms with Gasteiger partial charge < -0.3 is 10.2 Å². The Morgan fingerprint density at radius 2 is 1.79 bits per heavy atom. The van der Waals surface area contributed by atoms with Crippen LogP contribution < -0.4 is 10.2 Å². The molecule has 2 heterocycles. The number of fused-ring (bicyclic) bond motifs is 1. The molecule has 4 rings (SSSR count). The van der Waals surface area contributed by atoms with Gasteiger partial charge in [0.25, 0.3) is 0 Å². The molecule has 24 heavy (non-hydrogen) atoms. The van der Waals surface area contributed by atoms with Crippen LogP contribution in [0.1, 0.15) is 30.5 Å². The molecule has 0 atom stereocenters. The lowest BCUT2D eigenvalue weighted by molar-refractivity contribution is 0.638. The summed E-state index contributed by atoms with van der Waals surface area (Å²) in [6, 6.07) is 10.6. The third-order valence-corrected chi connectivity index (χ3v) is 5.75. The van der Waals surface area contributed by atoms with Gasteiger partial charge in [0, 0.05) is 30.1 Å². The topological polar surface area (TPSA) is 41.1 Å². The van der Waals surface area contributed by atoms with E-state index >= 15 is 0 Å². The van der Waals surface area contributed by atoms with E-state index in [9.17, 15) is 0 Å². The lowest BCUT2D eigenvalue weighted by Crippen LogP contribution is -2.30. The predicted molar refractivity (Wildman–Crippen MR) is 98.9 cm³/mol. The van der Waals surface area contributed by atoms with E-state index in [0.29, 0.717) is 0 Å². The molecule has 5 heteroatoms. The summed E-state index contributed by atoms with van der Waals surface area (Å²) < 4.78 is 0. The molecule has 0 saturated carbocycles. The maximum atomic E-state index is 5.00. The average Bonchev–Trinajstić information content (AvgIpc) is 2.92. The van der Waals surface area contributed by atoms with E-state index in [2.05, 4.69) is 40.5 Å². The summed E-state index contributed by atoms with van der Waals surface area (Å²) in [4.78, 5) is 13.6. The van der Waals surface area contributed by atoms with Crippen LogP contribution in [0.5, 0.6) is 0 Å². The van der Waals surface area contributed by atoms with Crippen molar-refractivity contribution >= 4 is 17.7 Å². The van der Waals surface area contributed by atoms with Crippen LogP contribution >= 0.6 is 11.8 Å². The van der Waals surface area contributed by atoms with Crippen LogP contribution in [0.25, 0.3) is 0 Å². The van der Waals surface area contributed by atoms with Gasteiger partial charge in [-0.05, 0) is 50.8 Å². The molecule has 1 aromatic carbocycles. The smallest absolute Gasteiger partial charge is 0.226 e. The number of hydrogen-bond acceptors (Lipinski definition) is 5. The first-order chi connectivity index (χ1) is 11.9. The highest BCUT2D eigenvalue weighted by atomic mass is 32.2. The Bertz CT molecular complexity index is 681. The number of nitrogens with zero attached hydrogens (tertiary/aromatic N) is 3. The van der Waals surface area contributed by atoms with Gasteiger partial charge in [0.15, 0.2) is 0 Å². The second kappa shape index (κ2) is 7.53. The highest BCUT2D eigenvalue weighted by Crippen LogP contribution is 2.34. The maximum absolute atomic E-state index is 5.00. The minimum absolute atomic E-state index is 0.929. The van der Waals surface area contributed by atoms with Gasteiger partial charge in [-0.3, -0.25) is 0 Å². The van der Waals surface area contributed by atoms with Crippen molar-refractivity contribution in [3.05, 3.63) is 41.6 Å². The molecule has 2 aromatic rings.